The molecule has 146 valence electrons. The Hall–Kier alpha value is -1.03. The van der Waals surface area contributed by atoms with Crippen LogP contribution in [0, 0.1) is 0 Å². The van der Waals surface area contributed by atoms with Crippen molar-refractivity contribution in [1.82, 2.24) is 19.8 Å². The van der Waals surface area contributed by atoms with E-state index in [9.17, 15) is 0 Å². The summed E-state index contributed by atoms with van der Waals surface area (Å²) in [5.41, 5.74) is 0.955. The highest BCUT2D eigenvalue weighted by molar-refractivity contribution is 7.19. The molecule has 7 nitrogen and oxygen atoms in total. The van der Waals surface area contributed by atoms with Crippen LogP contribution >= 0.6 is 22.9 Å². The third-order valence-electron chi connectivity index (χ3n) is 5.59. The first kappa shape index (κ1) is 18.0. The number of piperazine rings is 1. The van der Waals surface area contributed by atoms with Gasteiger partial charge in [-0.15, -0.1) is 11.3 Å². The van der Waals surface area contributed by atoms with Gasteiger partial charge in [-0.2, -0.15) is 4.98 Å². The molecule has 27 heavy (non-hydrogen) atoms. The van der Waals surface area contributed by atoms with Crippen LogP contribution in [0.5, 0.6) is 0 Å². The first-order valence-electron chi connectivity index (χ1n) is 9.59. The van der Waals surface area contributed by atoms with E-state index in [1.165, 1.54) is 4.88 Å². The molecule has 3 saturated heterocycles. The Balaban J connectivity index is 1.36. The van der Waals surface area contributed by atoms with Crippen molar-refractivity contribution in [2.45, 2.75) is 12.6 Å². The molecule has 5 heterocycles. The van der Waals surface area contributed by atoms with Crippen molar-refractivity contribution < 1.29 is 9.47 Å². The highest BCUT2D eigenvalue weighted by Gasteiger charge is 2.30. The predicted molar refractivity (Wildman–Crippen MR) is 107 cm³/mol. The van der Waals surface area contributed by atoms with Crippen LogP contribution in [0.4, 0.5) is 5.82 Å². The van der Waals surface area contributed by atoms with Crippen molar-refractivity contribution in [1.29, 1.82) is 0 Å². The van der Waals surface area contributed by atoms with Gasteiger partial charge >= 0.3 is 0 Å². The van der Waals surface area contributed by atoms with Gasteiger partial charge in [-0.3, -0.25) is 9.80 Å². The zero-order valence-electron chi connectivity index (χ0n) is 15.3. The minimum absolute atomic E-state index is 0.321. The molecular weight excluding hydrogens is 386 g/mol. The van der Waals surface area contributed by atoms with Crippen LogP contribution in [0.3, 0.4) is 0 Å². The van der Waals surface area contributed by atoms with Crippen LogP contribution in [0.15, 0.2) is 6.07 Å². The van der Waals surface area contributed by atoms with Gasteiger partial charge in [-0.1, -0.05) is 0 Å². The molecule has 0 aromatic carbocycles. The molecule has 3 aliphatic heterocycles. The Morgan fingerprint density at radius 3 is 2.81 bits per heavy atom. The Kier molecular flexibility index (Phi) is 5.19. The number of hydrogen-bond acceptors (Lipinski definition) is 8. The van der Waals surface area contributed by atoms with Crippen molar-refractivity contribution in [3.05, 3.63) is 16.2 Å². The molecule has 0 aliphatic carbocycles. The summed E-state index contributed by atoms with van der Waals surface area (Å²) in [6.45, 7) is 10.2. The molecule has 2 aromatic heterocycles. The smallest absolute Gasteiger partial charge is 0.224 e. The fourth-order valence-electron chi connectivity index (χ4n) is 4.18. The van der Waals surface area contributed by atoms with Crippen molar-refractivity contribution in [3.8, 4) is 0 Å². The summed E-state index contributed by atoms with van der Waals surface area (Å²) < 4.78 is 12.3. The van der Waals surface area contributed by atoms with Crippen molar-refractivity contribution >= 4 is 39.0 Å². The number of ether oxygens (including phenoxy) is 2. The maximum atomic E-state index is 6.22. The molecule has 0 amide bonds. The van der Waals surface area contributed by atoms with E-state index in [-0.39, 0.29) is 0 Å². The van der Waals surface area contributed by atoms with Crippen molar-refractivity contribution in [3.63, 3.8) is 0 Å². The van der Waals surface area contributed by atoms with E-state index in [1.807, 2.05) is 0 Å². The number of fused-ring (bicyclic) bond motifs is 2. The fraction of sp³-hybridized carbons (Fsp3) is 0.667. The highest BCUT2D eigenvalue weighted by Crippen LogP contribution is 2.34. The predicted octanol–water partition coefficient (Wildman–Crippen LogP) is 1.70. The van der Waals surface area contributed by atoms with Gasteiger partial charge < -0.3 is 14.4 Å². The average molecular weight is 410 g/mol. The van der Waals surface area contributed by atoms with Crippen LogP contribution in [0.2, 0.25) is 5.28 Å². The second-order valence-corrected chi connectivity index (χ2v) is 8.82. The van der Waals surface area contributed by atoms with E-state index in [0.29, 0.717) is 11.3 Å². The number of morpholine rings is 2. The summed E-state index contributed by atoms with van der Waals surface area (Å²) in [4.78, 5) is 17.7. The number of aromatic nitrogens is 2. The lowest BCUT2D eigenvalue weighted by Gasteiger charge is -2.43. The van der Waals surface area contributed by atoms with Gasteiger partial charge in [0.05, 0.1) is 36.6 Å². The molecule has 9 heteroatoms. The van der Waals surface area contributed by atoms with E-state index in [1.54, 1.807) is 11.3 Å². The van der Waals surface area contributed by atoms with E-state index < -0.39 is 0 Å². The molecule has 0 bridgehead atoms. The molecule has 0 spiro atoms. The Morgan fingerprint density at radius 1 is 1.07 bits per heavy atom. The molecule has 1 atom stereocenters. The number of thiophene rings is 1. The zero-order chi connectivity index (χ0) is 18.2. The normalized spacial score (nSPS) is 25.1. The number of nitrogens with zero attached hydrogens (tertiary/aromatic N) is 5. The first-order chi connectivity index (χ1) is 13.3. The van der Waals surface area contributed by atoms with Crippen LogP contribution < -0.4 is 4.90 Å². The maximum Gasteiger partial charge on any atom is 0.224 e. The summed E-state index contributed by atoms with van der Waals surface area (Å²) in [6, 6.07) is 2.71. The Labute approximate surface area is 167 Å². The summed E-state index contributed by atoms with van der Waals surface area (Å²) in [6.07, 6.45) is 0. The maximum absolute atomic E-state index is 6.22. The van der Waals surface area contributed by atoms with E-state index >= 15 is 0 Å². The lowest BCUT2D eigenvalue weighted by Crippen LogP contribution is -2.57. The summed E-state index contributed by atoms with van der Waals surface area (Å²) >= 11 is 8.01. The van der Waals surface area contributed by atoms with Gasteiger partial charge in [-0.05, 0) is 17.7 Å². The molecule has 3 fully saturated rings. The van der Waals surface area contributed by atoms with E-state index in [2.05, 4.69) is 30.7 Å². The SMILES string of the molecule is Clc1nc(N2CCOCC2)c2sc(CN3CCN4CCOC[C@H]4C3)cc2n1. The third-order valence-corrected chi connectivity index (χ3v) is 6.86. The monoisotopic (exact) mass is 409 g/mol. The molecule has 0 saturated carbocycles. The number of halogens is 1. The molecular formula is C18H24ClN5O2S. The van der Waals surface area contributed by atoms with E-state index in [4.69, 9.17) is 21.1 Å². The van der Waals surface area contributed by atoms with E-state index in [0.717, 1.165) is 88.3 Å². The summed E-state index contributed by atoms with van der Waals surface area (Å²) in [5.74, 6) is 0.954. The molecule has 2 aromatic rings. The average Bonchev–Trinajstić information content (AvgIpc) is 3.10. The minimum atomic E-state index is 0.321. The highest BCUT2D eigenvalue weighted by atomic mass is 35.5. The molecule has 3 aliphatic rings. The van der Waals surface area contributed by atoms with Gasteiger partial charge in [0.25, 0.3) is 0 Å². The lowest BCUT2D eigenvalue weighted by atomic mass is 10.1. The second kappa shape index (κ2) is 7.77. The van der Waals surface area contributed by atoms with Crippen molar-refractivity contribution in [2.24, 2.45) is 0 Å². The lowest BCUT2D eigenvalue weighted by molar-refractivity contribution is -0.0460. The second-order valence-electron chi connectivity index (χ2n) is 7.34. The van der Waals surface area contributed by atoms with Crippen molar-refractivity contribution in [2.75, 3.05) is 70.6 Å². The fourth-order valence-corrected chi connectivity index (χ4v) is 5.51. The number of rotatable bonds is 3. The van der Waals surface area contributed by atoms with Gasteiger partial charge in [0.15, 0.2) is 5.82 Å². The van der Waals surface area contributed by atoms with Crippen LogP contribution in [0.25, 0.3) is 10.2 Å². The van der Waals surface area contributed by atoms with Gasteiger partial charge in [0, 0.05) is 56.7 Å². The summed E-state index contributed by atoms with van der Waals surface area (Å²) in [7, 11) is 0. The minimum Gasteiger partial charge on any atom is -0.378 e. The first-order valence-corrected chi connectivity index (χ1v) is 10.8. The molecule has 0 unspecified atom stereocenters. The van der Waals surface area contributed by atoms with Crippen LogP contribution in [-0.2, 0) is 16.0 Å². The number of hydrogen-bond donors (Lipinski definition) is 0. The van der Waals surface area contributed by atoms with Gasteiger partial charge in [0.2, 0.25) is 5.28 Å². The third kappa shape index (κ3) is 3.79. The van der Waals surface area contributed by atoms with Gasteiger partial charge in [0.1, 0.15) is 0 Å². The Bertz CT molecular complexity index is 812. The van der Waals surface area contributed by atoms with Crippen LogP contribution in [0.1, 0.15) is 4.88 Å². The molecule has 5 rings (SSSR count). The largest absolute Gasteiger partial charge is 0.378 e. The zero-order valence-corrected chi connectivity index (χ0v) is 16.8. The summed E-state index contributed by atoms with van der Waals surface area (Å²) in [5, 5.41) is 0.321. The topological polar surface area (TPSA) is 54.0 Å². The molecule has 0 radical (unpaired) electrons. The van der Waals surface area contributed by atoms with Crippen LogP contribution in [-0.4, -0.2) is 91.5 Å². The van der Waals surface area contributed by atoms with Gasteiger partial charge in [-0.25, -0.2) is 4.98 Å². The number of anilines is 1. The quantitative estimate of drug-likeness (QED) is 0.715. The Morgan fingerprint density at radius 2 is 1.93 bits per heavy atom. The standard InChI is InChI=1S/C18H24ClN5O2S/c19-18-20-15-9-14(11-22-1-2-23-3-8-26-12-13(23)10-22)27-16(15)17(21-18)24-4-6-25-7-5-24/h9,13H,1-8,10-12H2/t13-/m1/s1. The molecule has 0 N–H and O–H groups in total.